The van der Waals surface area contributed by atoms with Crippen molar-refractivity contribution in [3.63, 3.8) is 0 Å². The van der Waals surface area contributed by atoms with Crippen LogP contribution in [0.2, 0.25) is 0 Å². The van der Waals surface area contributed by atoms with E-state index in [1.54, 1.807) is 0 Å². The van der Waals surface area contributed by atoms with E-state index in [1.165, 1.54) is 0 Å². The molecule has 0 heterocycles. The van der Waals surface area contributed by atoms with Crippen molar-refractivity contribution in [3.8, 4) is 0 Å². The van der Waals surface area contributed by atoms with E-state index in [1.807, 2.05) is 0 Å². The first kappa shape index (κ1) is 116. The predicted octanol–water partition coefficient (Wildman–Crippen LogP) is -18.0. The summed E-state index contributed by atoms with van der Waals surface area (Å²) < 4.78 is 0. The smallest absolute Gasteiger partial charge is 0 e. The van der Waals surface area contributed by atoms with Gasteiger partial charge in [0, 0.05) is 20.1 Å². The SMILES string of the molecule is [Cl-].[Cl-].[Cl-].[Cl-].[Cl-].[Cl-].[Ir]. The van der Waals surface area contributed by atoms with E-state index in [2.05, 4.69) is 0 Å². The molecule has 0 aromatic rings. The third-order valence-corrected chi connectivity index (χ3v) is 0. The molecule has 0 aliphatic rings. The average Bonchev–Trinajstić information content (AvgIpc) is 0. The van der Waals surface area contributed by atoms with Gasteiger partial charge in [-0.05, 0) is 0 Å². The molecule has 0 rings (SSSR count). The summed E-state index contributed by atoms with van der Waals surface area (Å²) >= 11 is 0. The van der Waals surface area contributed by atoms with Crippen LogP contribution in [-0.4, -0.2) is 0 Å². The first-order valence-corrected chi connectivity index (χ1v) is 0. The fourth-order valence-corrected chi connectivity index (χ4v) is 0. The minimum atomic E-state index is 0. The molecule has 0 N–H and O–H groups in total. The molecule has 0 aliphatic carbocycles. The van der Waals surface area contributed by atoms with E-state index < -0.39 is 0 Å². The maximum atomic E-state index is 0. The molecule has 0 aromatic carbocycles. The van der Waals surface area contributed by atoms with E-state index in [-0.39, 0.29) is 94.5 Å². The quantitative estimate of drug-likeness (QED) is 0.376. The molecule has 1 radical (unpaired) electrons. The molecular weight excluding hydrogens is 405 g/mol. The van der Waals surface area contributed by atoms with E-state index in [0.717, 1.165) is 0 Å². The zero-order chi connectivity index (χ0) is 0. The molecule has 0 saturated heterocycles. The van der Waals surface area contributed by atoms with E-state index in [0.29, 0.717) is 0 Å². The van der Waals surface area contributed by atoms with Gasteiger partial charge in [-0.1, -0.05) is 0 Å². The number of hydrogen-bond donors (Lipinski definition) is 0. The second-order valence-corrected chi connectivity index (χ2v) is 0. The molecule has 7 heteroatoms. The van der Waals surface area contributed by atoms with E-state index >= 15 is 0 Å². The first-order valence-electron chi connectivity index (χ1n) is 0. The Bertz CT molecular complexity index is 4.14. The van der Waals surface area contributed by atoms with Gasteiger partial charge in [0.05, 0.1) is 0 Å². The van der Waals surface area contributed by atoms with Crippen molar-refractivity contribution >= 4 is 0 Å². The maximum Gasteiger partial charge on any atom is 0 e. The van der Waals surface area contributed by atoms with Gasteiger partial charge in [-0.25, -0.2) is 0 Å². The maximum absolute atomic E-state index is 0. The van der Waals surface area contributed by atoms with Crippen molar-refractivity contribution in [2.24, 2.45) is 0 Å². The van der Waals surface area contributed by atoms with Crippen LogP contribution in [-0.2, 0) is 20.1 Å². The summed E-state index contributed by atoms with van der Waals surface area (Å²) in [5.74, 6) is 0. The Morgan fingerprint density at radius 1 is 0.286 bits per heavy atom. The van der Waals surface area contributed by atoms with Gasteiger partial charge in [0.15, 0.2) is 0 Å². The van der Waals surface area contributed by atoms with Gasteiger partial charge in [-0.2, -0.15) is 0 Å². The predicted molar refractivity (Wildman–Crippen MR) is 0 cm³/mol. The van der Waals surface area contributed by atoms with Gasteiger partial charge in [0.25, 0.3) is 0 Å². The van der Waals surface area contributed by atoms with Crippen LogP contribution in [0.25, 0.3) is 0 Å². The van der Waals surface area contributed by atoms with Gasteiger partial charge in [0.1, 0.15) is 0 Å². The zero-order valence-corrected chi connectivity index (χ0v) is 9.53. The number of hydrogen-bond acceptors (Lipinski definition) is 0. The Kier molecular flexibility index (Phi) is 1330. The van der Waals surface area contributed by atoms with Crippen LogP contribution in [0.15, 0.2) is 0 Å². The molecule has 0 aromatic heterocycles. The molecule has 0 fully saturated rings. The standard InChI is InChI=1S/6ClH.Ir/h6*1H;/p-6. The Morgan fingerprint density at radius 3 is 0.286 bits per heavy atom. The molecule has 0 bridgehead atoms. The van der Waals surface area contributed by atoms with Crippen LogP contribution < -0.4 is 74.4 Å². The monoisotopic (exact) mass is 403 g/mol. The number of rotatable bonds is 0. The molecule has 7 heavy (non-hydrogen) atoms. The summed E-state index contributed by atoms with van der Waals surface area (Å²) in [4.78, 5) is 0. The number of halogens is 6. The van der Waals surface area contributed by atoms with Crippen LogP contribution in [0.1, 0.15) is 0 Å². The second-order valence-electron chi connectivity index (χ2n) is 0. The van der Waals surface area contributed by atoms with Gasteiger partial charge in [0.2, 0.25) is 0 Å². The largest absolute Gasteiger partial charge is 1.00 e. The fourth-order valence-electron chi connectivity index (χ4n) is 0. The summed E-state index contributed by atoms with van der Waals surface area (Å²) in [5, 5.41) is 0. The van der Waals surface area contributed by atoms with Crippen LogP contribution in [0.3, 0.4) is 0 Å². The van der Waals surface area contributed by atoms with Gasteiger partial charge >= 0.3 is 0 Å². The second kappa shape index (κ2) is 80.2. The van der Waals surface area contributed by atoms with Crippen molar-refractivity contribution in [3.05, 3.63) is 0 Å². The molecular formula is Cl6Ir-6. The molecule has 0 aliphatic heterocycles. The van der Waals surface area contributed by atoms with Crippen molar-refractivity contribution in [2.75, 3.05) is 0 Å². The Hall–Kier alpha value is 2.39. The first-order chi connectivity index (χ1) is 0. The normalized spacial score (nSPS) is 0. The van der Waals surface area contributed by atoms with E-state index in [9.17, 15) is 0 Å². The summed E-state index contributed by atoms with van der Waals surface area (Å²) in [6.45, 7) is 0. The van der Waals surface area contributed by atoms with Gasteiger partial charge < -0.3 is 74.4 Å². The topological polar surface area (TPSA) is 0 Å². The Balaban J connectivity index is 0. The minimum Gasteiger partial charge on any atom is -1.00 e. The molecule has 0 amide bonds. The van der Waals surface area contributed by atoms with Crippen LogP contribution in [0, 0.1) is 0 Å². The molecule has 0 saturated carbocycles. The molecule has 0 unspecified atom stereocenters. The van der Waals surface area contributed by atoms with Crippen LogP contribution >= 0.6 is 0 Å². The fraction of sp³-hybridized carbons (Fsp3) is 0. The molecule has 0 nitrogen and oxygen atoms in total. The Morgan fingerprint density at radius 2 is 0.286 bits per heavy atom. The third kappa shape index (κ3) is 60.0. The summed E-state index contributed by atoms with van der Waals surface area (Å²) in [6.07, 6.45) is 0. The van der Waals surface area contributed by atoms with Crippen LogP contribution in [0.4, 0.5) is 0 Å². The Labute approximate surface area is 93.8 Å². The molecule has 0 spiro atoms. The van der Waals surface area contributed by atoms with Crippen molar-refractivity contribution in [2.45, 2.75) is 0 Å². The third-order valence-electron chi connectivity index (χ3n) is 0. The summed E-state index contributed by atoms with van der Waals surface area (Å²) in [7, 11) is 0. The minimum absolute atomic E-state index is 0. The average molecular weight is 405 g/mol. The van der Waals surface area contributed by atoms with Crippen molar-refractivity contribution < 1.29 is 94.5 Å². The van der Waals surface area contributed by atoms with Crippen molar-refractivity contribution in [1.29, 1.82) is 0 Å². The zero-order valence-electron chi connectivity index (χ0n) is 2.60. The van der Waals surface area contributed by atoms with Crippen molar-refractivity contribution in [1.82, 2.24) is 0 Å². The van der Waals surface area contributed by atoms with Gasteiger partial charge in [-0.15, -0.1) is 0 Å². The van der Waals surface area contributed by atoms with E-state index in [4.69, 9.17) is 0 Å². The molecule has 0 atom stereocenters. The summed E-state index contributed by atoms with van der Waals surface area (Å²) in [6, 6.07) is 0. The van der Waals surface area contributed by atoms with Crippen LogP contribution in [0.5, 0.6) is 0 Å². The molecule has 57 valence electrons. The summed E-state index contributed by atoms with van der Waals surface area (Å²) in [5.41, 5.74) is 0. The van der Waals surface area contributed by atoms with Gasteiger partial charge in [-0.3, -0.25) is 0 Å².